The molecular formula is C7H3BrIN3O2. The van der Waals surface area contributed by atoms with Gasteiger partial charge in [-0.15, -0.1) is 0 Å². The maximum absolute atomic E-state index is 10.8. The number of aromatic nitrogens is 2. The van der Waals surface area contributed by atoms with Gasteiger partial charge in [-0.1, -0.05) is 0 Å². The Morgan fingerprint density at radius 2 is 2.36 bits per heavy atom. The quantitative estimate of drug-likeness (QED) is 0.478. The fraction of sp³-hybridized carbons (Fsp3) is 0. The Hall–Kier alpha value is -0.700. The number of nitro groups is 1. The van der Waals surface area contributed by atoms with Gasteiger partial charge in [0.15, 0.2) is 3.70 Å². The molecule has 0 atom stereocenters. The Balaban J connectivity index is 2.93. The van der Waals surface area contributed by atoms with Crippen LogP contribution >= 0.6 is 38.5 Å². The number of nitrogens with zero attached hydrogens (tertiary/aromatic N) is 2. The Bertz CT molecular complexity index is 525. The summed E-state index contributed by atoms with van der Waals surface area (Å²) in [4.78, 5) is 17.2. The summed E-state index contributed by atoms with van der Waals surface area (Å²) in [7, 11) is 0. The van der Waals surface area contributed by atoms with Crippen LogP contribution in [0.1, 0.15) is 0 Å². The maximum atomic E-state index is 10.8. The van der Waals surface area contributed by atoms with E-state index in [1.54, 1.807) is 12.3 Å². The molecule has 2 rings (SSSR count). The van der Waals surface area contributed by atoms with Crippen LogP contribution < -0.4 is 0 Å². The minimum absolute atomic E-state index is 0.0700. The van der Waals surface area contributed by atoms with E-state index in [9.17, 15) is 10.1 Å². The van der Waals surface area contributed by atoms with Crippen molar-refractivity contribution in [2.24, 2.45) is 0 Å². The third kappa shape index (κ3) is 1.40. The van der Waals surface area contributed by atoms with Gasteiger partial charge in [0.25, 0.3) is 0 Å². The van der Waals surface area contributed by atoms with Gasteiger partial charge >= 0.3 is 5.69 Å². The Kier molecular flexibility index (Phi) is 2.43. The van der Waals surface area contributed by atoms with Crippen LogP contribution in [0.2, 0.25) is 0 Å². The molecule has 0 aliphatic heterocycles. The number of rotatable bonds is 1. The molecule has 0 aliphatic rings. The highest BCUT2D eigenvalue weighted by Gasteiger charge is 2.22. The first-order valence-corrected chi connectivity index (χ1v) is 5.44. The summed E-state index contributed by atoms with van der Waals surface area (Å²) in [6, 6.07) is 1.68. The zero-order valence-electron chi connectivity index (χ0n) is 6.62. The largest absolute Gasteiger partial charge is 0.329 e. The van der Waals surface area contributed by atoms with Gasteiger partial charge in [-0.05, 0) is 44.6 Å². The van der Waals surface area contributed by atoms with Gasteiger partial charge in [0.05, 0.1) is 4.92 Å². The van der Waals surface area contributed by atoms with Crippen molar-refractivity contribution < 1.29 is 4.92 Å². The molecule has 0 saturated heterocycles. The lowest BCUT2D eigenvalue weighted by molar-refractivity contribution is -0.384. The lowest BCUT2D eigenvalue weighted by Crippen LogP contribution is -1.88. The van der Waals surface area contributed by atoms with E-state index in [0.29, 0.717) is 19.2 Å². The number of pyridine rings is 1. The average Bonchev–Trinajstić information content (AvgIpc) is 2.42. The third-order valence-electron chi connectivity index (χ3n) is 1.76. The van der Waals surface area contributed by atoms with Crippen LogP contribution in [0.5, 0.6) is 0 Å². The summed E-state index contributed by atoms with van der Waals surface area (Å²) in [5, 5.41) is 11.3. The van der Waals surface area contributed by atoms with Crippen LogP contribution in [0.4, 0.5) is 5.69 Å². The lowest BCUT2D eigenvalue weighted by Gasteiger charge is -1.92. The molecule has 0 radical (unpaired) electrons. The van der Waals surface area contributed by atoms with Crippen molar-refractivity contribution in [1.82, 2.24) is 9.97 Å². The summed E-state index contributed by atoms with van der Waals surface area (Å²) < 4.78 is 1.16. The number of hydrogen-bond donors (Lipinski definition) is 1. The predicted octanol–water partition coefficient (Wildman–Crippen LogP) is 2.84. The fourth-order valence-corrected chi connectivity index (χ4v) is 2.42. The van der Waals surface area contributed by atoms with Crippen molar-refractivity contribution in [2.45, 2.75) is 0 Å². The number of hydrogen-bond acceptors (Lipinski definition) is 3. The van der Waals surface area contributed by atoms with Crippen LogP contribution in [0.3, 0.4) is 0 Å². The molecule has 0 aromatic carbocycles. The average molecular weight is 368 g/mol. The maximum Gasteiger partial charge on any atom is 0.310 e. The molecule has 2 aromatic rings. The molecule has 0 aliphatic carbocycles. The van der Waals surface area contributed by atoms with Gasteiger partial charge in [0.2, 0.25) is 0 Å². The monoisotopic (exact) mass is 367 g/mol. The second-order valence-electron chi connectivity index (χ2n) is 2.56. The Labute approximate surface area is 100 Å². The number of halogens is 2. The van der Waals surface area contributed by atoms with Crippen molar-refractivity contribution in [3.8, 4) is 0 Å². The van der Waals surface area contributed by atoms with Crippen LogP contribution in [0.15, 0.2) is 16.7 Å². The van der Waals surface area contributed by atoms with E-state index in [2.05, 4.69) is 25.9 Å². The van der Waals surface area contributed by atoms with E-state index < -0.39 is 4.92 Å². The molecule has 2 aromatic heterocycles. The van der Waals surface area contributed by atoms with Gasteiger partial charge in [-0.3, -0.25) is 10.1 Å². The third-order valence-corrected chi connectivity index (χ3v) is 3.20. The molecule has 0 unspecified atom stereocenters. The van der Waals surface area contributed by atoms with Crippen molar-refractivity contribution in [1.29, 1.82) is 0 Å². The summed E-state index contributed by atoms with van der Waals surface area (Å²) in [6.45, 7) is 0. The molecule has 72 valence electrons. The first-order valence-electron chi connectivity index (χ1n) is 3.57. The Morgan fingerprint density at radius 3 is 3.00 bits per heavy atom. The first kappa shape index (κ1) is 9.84. The number of aromatic amines is 1. The van der Waals surface area contributed by atoms with Gasteiger partial charge in [-0.25, -0.2) is 4.98 Å². The summed E-state index contributed by atoms with van der Waals surface area (Å²) >= 11 is 5.15. The van der Waals surface area contributed by atoms with Gasteiger partial charge in [-0.2, -0.15) is 0 Å². The van der Waals surface area contributed by atoms with E-state index in [4.69, 9.17) is 0 Å². The molecule has 7 heteroatoms. The number of nitrogens with one attached hydrogen (secondary N) is 1. The van der Waals surface area contributed by atoms with E-state index in [1.807, 2.05) is 22.6 Å². The summed E-state index contributed by atoms with van der Waals surface area (Å²) in [6.07, 6.45) is 1.59. The topological polar surface area (TPSA) is 71.8 Å². The van der Waals surface area contributed by atoms with E-state index in [0.717, 1.165) is 0 Å². The van der Waals surface area contributed by atoms with Crippen molar-refractivity contribution >= 4 is 55.2 Å². The standard InChI is InChI=1S/C7H3BrIN3O2/c8-3-1-2-10-7-4(3)5(12(13)14)6(9)11-7/h1-2H,(H,10,11). The molecular weight excluding hydrogens is 365 g/mol. The van der Waals surface area contributed by atoms with Gasteiger partial charge in [0.1, 0.15) is 11.0 Å². The molecule has 14 heavy (non-hydrogen) atoms. The normalized spacial score (nSPS) is 10.7. The van der Waals surface area contributed by atoms with E-state index in [1.165, 1.54) is 0 Å². The molecule has 0 amide bonds. The van der Waals surface area contributed by atoms with Crippen molar-refractivity contribution in [3.63, 3.8) is 0 Å². The summed E-state index contributed by atoms with van der Waals surface area (Å²) in [5.74, 6) is 0. The molecule has 0 bridgehead atoms. The predicted molar refractivity (Wildman–Crippen MR) is 63.2 cm³/mol. The Morgan fingerprint density at radius 1 is 1.64 bits per heavy atom. The second-order valence-corrected chi connectivity index (χ2v) is 4.49. The van der Waals surface area contributed by atoms with Gasteiger partial charge in [0, 0.05) is 10.7 Å². The lowest BCUT2D eigenvalue weighted by atomic mass is 10.3. The van der Waals surface area contributed by atoms with E-state index in [-0.39, 0.29) is 5.69 Å². The zero-order valence-corrected chi connectivity index (χ0v) is 10.4. The van der Waals surface area contributed by atoms with Crippen LogP contribution in [-0.2, 0) is 0 Å². The summed E-state index contributed by atoms with van der Waals surface area (Å²) in [5.41, 5.74) is 0.594. The molecule has 1 N–H and O–H groups in total. The minimum Gasteiger partial charge on any atom is -0.329 e. The number of H-pyrrole nitrogens is 1. The molecule has 0 saturated carbocycles. The minimum atomic E-state index is -0.410. The second kappa shape index (κ2) is 3.46. The molecule has 2 heterocycles. The molecule has 5 nitrogen and oxygen atoms in total. The van der Waals surface area contributed by atoms with Crippen molar-refractivity contribution in [2.75, 3.05) is 0 Å². The van der Waals surface area contributed by atoms with E-state index >= 15 is 0 Å². The fourth-order valence-electron chi connectivity index (χ4n) is 1.20. The van der Waals surface area contributed by atoms with Crippen LogP contribution in [0.25, 0.3) is 11.0 Å². The highest BCUT2D eigenvalue weighted by atomic mass is 127. The van der Waals surface area contributed by atoms with Crippen LogP contribution in [-0.4, -0.2) is 14.9 Å². The highest BCUT2D eigenvalue weighted by Crippen LogP contribution is 2.34. The first-order chi connectivity index (χ1) is 6.61. The van der Waals surface area contributed by atoms with Crippen LogP contribution in [0, 0.1) is 13.8 Å². The smallest absolute Gasteiger partial charge is 0.310 e. The zero-order chi connectivity index (χ0) is 10.3. The van der Waals surface area contributed by atoms with Crippen molar-refractivity contribution in [3.05, 3.63) is 30.6 Å². The number of fused-ring (bicyclic) bond motifs is 1. The van der Waals surface area contributed by atoms with Gasteiger partial charge < -0.3 is 4.98 Å². The highest BCUT2D eigenvalue weighted by molar-refractivity contribution is 14.1. The molecule has 0 spiro atoms. The molecule has 0 fully saturated rings. The SMILES string of the molecule is O=[N+]([O-])c1c(I)[nH]c2nccc(Br)c12.